The van der Waals surface area contributed by atoms with E-state index in [0.717, 1.165) is 16.7 Å². The fourth-order valence-electron chi connectivity index (χ4n) is 2.14. The Morgan fingerprint density at radius 1 is 0.909 bits per heavy atom. The van der Waals surface area contributed by atoms with Crippen molar-refractivity contribution in [3.63, 3.8) is 0 Å². The van der Waals surface area contributed by atoms with Crippen LogP contribution in [0.3, 0.4) is 0 Å². The van der Waals surface area contributed by atoms with Gasteiger partial charge in [-0.1, -0.05) is 6.07 Å². The quantitative estimate of drug-likeness (QED) is 0.742. The average Bonchev–Trinajstić information content (AvgIpc) is 2.62. The molecule has 0 amide bonds. The Balaban J connectivity index is 2.12. The molecule has 3 rings (SSSR count). The van der Waals surface area contributed by atoms with E-state index in [1.54, 1.807) is 31.0 Å². The number of rotatable bonds is 3. The molecular weight excluding hydrogens is 285 g/mol. The van der Waals surface area contributed by atoms with Gasteiger partial charge in [0.05, 0.1) is 5.56 Å². The maximum atomic E-state index is 12.1. The Bertz CT molecular complexity index is 809. The number of carbonyl (C=O) groups is 1. The van der Waals surface area contributed by atoms with E-state index in [-0.39, 0.29) is 5.56 Å². The molecule has 6 heteroatoms. The molecule has 0 atom stereocenters. The van der Waals surface area contributed by atoms with Gasteiger partial charge in [-0.05, 0) is 23.8 Å². The average molecular weight is 295 g/mol. The Morgan fingerprint density at radius 2 is 1.73 bits per heavy atom. The van der Waals surface area contributed by atoms with Crippen LogP contribution in [0, 0.1) is 0 Å². The van der Waals surface area contributed by atoms with Crippen LogP contribution in [-0.2, 0) is 4.94 Å². The molecule has 0 saturated carbocycles. The standard InChI is InChI=1S/C16H10FN3O2/c17-22-16(21)13-6-12(8-20-9-13)15-10-19-5-3-14(15)11-2-1-4-18-7-11/h1-10H. The predicted octanol–water partition coefficient (Wildman–Crippen LogP) is 3.25. The third-order valence-corrected chi connectivity index (χ3v) is 3.15. The van der Waals surface area contributed by atoms with Crippen LogP contribution in [0.2, 0.25) is 0 Å². The normalized spacial score (nSPS) is 10.2. The summed E-state index contributed by atoms with van der Waals surface area (Å²) in [6.45, 7) is 0. The molecule has 0 aromatic carbocycles. The summed E-state index contributed by atoms with van der Waals surface area (Å²) in [5.74, 6) is -1.08. The fraction of sp³-hybridized carbons (Fsp3) is 0. The van der Waals surface area contributed by atoms with Crippen molar-refractivity contribution >= 4 is 5.97 Å². The SMILES string of the molecule is O=C(OF)c1cncc(-c2cnccc2-c2cccnc2)c1. The number of nitrogens with zero attached hydrogens (tertiary/aromatic N) is 3. The highest BCUT2D eigenvalue weighted by atomic mass is 19.3. The van der Waals surface area contributed by atoms with Crippen molar-refractivity contribution in [2.45, 2.75) is 0 Å². The van der Waals surface area contributed by atoms with Crippen molar-refractivity contribution in [3.05, 3.63) is 67.0 Å². The molecule has 0 fully saturated rings. The largest absolute Gasteiger partial charge is 0.381 e. The van der Waals surface area contributed by atoms with E-state index in [1.807, 2.05) is 18.2 Å². The molecule has 22 heavy (non-hydrogen) atoms. The molecule has 0 aliphatic rings. The first kappa shape index (κ1) is 13.8. The Kier molecular flexibility index (Phi) is 3.82. The third kappa shape index (κ3) is 2.67. The number of halogens is 1. The van der Waals surface area contributed by atoms with E-state index in [2.05, 4.69) is 19.9 Å². The first-order valence-electron chi connectivity index (χ1n) is 6.42. The van der Waals surface area contributed by atoms with Gasteiger partial charge in [-0.15, -0.1) is 0 Å². The Labute approximate surface area is 125 Å². The first-order chi connectivity index (χ1) is 10.8. The number of hydrogen-bond acceptors (Lipinski definition) is 5. The maximum Gasteiger partial charge on any atom is 0.381 e. The second kappa shape index (κ2) is 6.09. The molecule has 0 N–H and O–H groups in total. The molecule has 108 valence electrons. The van der Waals surface area contributed by atoms with Crippen LogP contribution in [0.4, 0.5) is 4.53 Å². The maximum absolute atomic E-state index is 12.1. The summed E-state index contributed by atoms with van der Waals surface area (Å²) < 4.78 is 12.1. The van der Waals surface area contributed by atoms with E-state index in [1.165, 1.54) is 12.3 Å². The molecule has 0 radical (unpaired) electrons. The summed E-state index contributed by atoms with van der Waals surface area (Å²) >= 11 is 0. The lowest BCUT2D eigenvalue weighted by molar-refractivity contribution is -0.0788. The number of pyridine rings is 3. The van der Waals surface area contributed by atoms with Crippen LogP contribution in [0.25, 0.3) is 22.3 Å². The zero-order chi connectivity index (χ0) is 15.4. The van der Waals surface area contributed by atoms with E-state index in [4.69, 9.17) is 0 Å². The highest BCUT2D eigenvalue weighted by molar-refractivity contribution is 5.91. The van der Waals surface area contributed by atoms with Gasteiger partial charge < -0.3 is 0 Å². The second-order valence-corrected chi connectivity index (χ2v) is 4.49. The van der Waals surface area contributed by atoms with Gasteiger partial charge in [0.1, 0.15) is 0 Å². The van der Waals surface area contributed by atoms with Crippen molar-refractivity contribution in [3.8, 4) is 22.3 Å². The van der Waals surface area contributed by atoms with Crippen LogP contribution in [0.1, 0.15) is 10.4 Å². The molecular formula is C16H10FN3O2. The highest BCUT2D eigenvalue weighted by Crippen LogP contribution is 2.30. The monoisotopic (exact) mass is 295 g/mol. The number of aromatic nitrogens is 3. The molecule has 0 spiro atoms. The fourth-order valence-corrected chi connectivity index (χ4v) is 2.14. The lowest BCUT2D eigenvalue weighted by atomic mass is 9.98. The molecule has 0 bridgehead atoms. The summed E-state index contributed by atoms with van der Waals surface area (Å²) in [5, 5.41) is 0. The van der Waals surface area contributed by atoms with Gasteiger partial charge in [0.2, 0.25) is 0 Å². The highest BCUT2D eigenvalue weighted by Gasteiger charge is 2.13. The van der Waals surface area contributed by atoms with E-state index < -0.39 is 5.97 Å². The zero-order valence-electron chi connectivity index (χ0n) is 11.3. The number of carbonyl (C=O) groups excluding carboxylic acids is 1. The van der Waals surface area contributed by atoms with Crippen LogP contribution < -0.4 is 0 Å². The third-order valence-electron chi connectivity index (χ3n) is 3.15. The van der Waals surface area contributed by atoms with Crippen molar-refractivity contribution in [1.82, 2.24) is 15.0 Å². The lowest BCUT2D eigenvalue weighted by Gasteiger charge is -2.09. The van der Waals surface area contributed by atoms with Crippen LogP contribution in [0.15, 0.2) is 61.4 Å². The minimum absolute atomic E-state index is 0.0287. The van der Waals surface area contributed by atoms with E-state index in [9.17, 15) is 9.32 Å². The van der Waals surface area contributed by atoms with Gasteiger partial charge in [0.15, 0.2) is 0 Å². The topological polar surface area (TPSA) is 65.0 Å². The first-order valence-corrected chi connectivity index (χ1v) is 6.42. The van der Waals surface area contributed by atoms with Crippen LogP contribution in [0.5, 0.6) is 0 Å². The van der Waals surface area contributed by atoms with Crippen molar-refractivity contribution < 1.29 is 14.3 Å². The van der Waals surface area contributed by atoms with Gasteiger partial charge >= 0.3 is 5.97 Å². The smallest absolute Gasteiger partial charge is 0.264 e. The molecule has 3 aromatic rings. The Morgan fingerprint density at radius 3 is 2.50 bits per heavy atom. The second-order valence-electron chi connectivity index (χ2n) is 4.49. The Hall–Kier alpha value is -3.15. The zero-order valence-corrected chi connectivity index (χ0v) is 11.3. The number of hydrogen-bond donors (Lipinski definition) is 0. The van der Waals surface area contributed by atoms with Crippen LogP contribution >= 0.6 is 0 Å². The van der Waals surface area contributed by atoms with E-state index in [0.29, 0.717) is 5.56 Å². The summed E-state index contributed by atoms with van der Waals surface area (Å²) in [6, 6.07) is 7.09. The van der Waals surface area contributed by atoms with Crippen molar-refractivity contribution in [2.24, 2.45) is 0 Å². The molecule has 0 aliphatic heterocycles. The summed E-state index contributed by atoms with van der Waals surface area (Å²) in [6.07, 6.45) is 9.55. The van der Waals surface area contributed by atoms with Gasteiger partial charge in [0, 0.05) is 58.4 Å². The lowest BCUT2D eigenvalue weighted by Crippen LogP contribution is -2.00. The van der Waals surface area contributed by atoms with Crippen molar-refractivity contribution in [1.29, 1.82) is 0 Å². The summed E-state index contributed by atoms with van der Waals surface area (Å²) in [5.41, 5.74) is 3.21. The van der Waals surface area contributed by atoms with Gasteiger partial charge in [-0.3, -0.25) is 15.0 Å². The molecule has 3 aromatic heterocycles. The predicted molar refractivity (Wildman–Crippen MR) is 77.2 cm³/mol. The summed E-state index contributed by atoms with van der Waals surface area (Å²) in [7, 11) is 0. The molecule has 5 nitrogen and oxygen atoms in total. The minimum Gasteiger partial charge on any atom is -0.264 e. The van der Waals surface area contributed by atoms with Gasteiger partial charge in [0.25, 0.3) is 0 Å². The molecule has 0 aliphatic carbocycles. The van der Waals surface area contributed by atoms with Gasteiger partial charge in [-0.25, -0.2) is 9.74 Å². The minimum atomic E-state index is -1.08. The molecule has 0 unspecified atom stereocenters. The van der Waals surface area contributed by atoms with E-state index >= 15 is 0 Å². The van der Waals surface area contributed by atoms with Crippen LogP contribution in [-0.4, -0.2) is 20.9 Å². The summed E-state index contributed by atoms with van der Waals surface area (Å²) in [4.78, 5) is 26.7. The molecule has 0 saturated heterocycles. The van der Waals surface area contributed by atoms with Crippen molar-refractivity contribution in [2.75, 3.05) is 0 Å². The van der Waals surface area contributed by atoms with Gasteiger partial charge in [-0.2, -0.15) is 0 Å². The molecule has 3 heterocycles.